The van der Waals surface area contributed by atoms with Gasteiger partial charge in [-0.25, -0.2) is 0 Å². The molecule has 2 heteroatoms. The number of aryl methyl sites for hydroxylation is 1. The molecule has 0 heterocycles. The van der Waals surface area contributed by atoms with Crippen LogP contribution in [0.25, 0.3) is 0 Å². The Hall–Kier alpha value is -1.02. The van der Waals surface area contributed by atoms with Gasteiger partial charge in [0.15, 0.2) is 0 Å². The summed E-state index contributed by atoms with van der Waals surface area (Å²) in [5.41, 5.74) is 2.51. The predicted molar refractivity (Wildman–Crippen MR) is 57.7 cm³/mol. The van der Waals surface area contributed by atoms with Gasteiger partial charge < -0.3 is 10.0 Å². The summed E-state index contributed by atoms with van der Waals surface area (Å²) in [5.74, 6) is 0.994. The van der Waals surface area contributed by atoms with Gasteiger partial charge in [0.05, 0.1) is 0 Å². The highest BCUT2D eigenvalue weighted by Gasteiger charge is 2.25. The third kappa shape index (κ3) is 1.62. The molecular weight excluding hydrogens is 174 g/mol. The number of phenols is 1. The van der Waals surface area contributed by atoms with E-state index in [0.29, 0.717) is 11.7 Å². The standard InChI is InChI=1S/C12H17NO/c1-13(2)8-10-7-6-9-4-3-5-11(14)12(9)10/h3-5,10,14H,6-8H2,1-2H3. The number of nitrogens with zero attached hydrogens (tertiary/aromatic N) is 1. The Balaban J connectivity index is 2.29. The van der Waals surface area contributed by atoms with Gasteiger partial charge in [0.25, 0.3) is 0 Å². The molecule has 1 aliphatic carbocycles. The molecule has 2 rings (SSSR count). The highest BCUT2D eigenvalue weighted by molar-refractivity contribution is 5.45. The minimum absolute atomic E-state index is 0.479. The number of hydrogen-bond acceptors (Lipinski definition) is 2. The normalized spacial score (nSPS) is 20.1. The van der Waals surface area contributed by atoms with Gasteiger partial charge in [0, 0.05) is 18.0 Å². The maximum atomic E-state index is 9.80. The van der Waals surface area contributed by atoms with Gasteiger partial charge in [-0.05, 0) is 38.6 Å². The van der Waals surface area contributed by atoms with Crippen molar-refractivity contribution < 1.29 is 5.11 Å². The first kappa shape index (κ1) is 9.53. The number of phenolic OH excluding ortho intramolecular Hbond substituents is 1. The van der Waals surface area contributed by atoms with E-state index in [-0.39, 0.29) is 0 Å². The van der Waals surface area contributed by atoms with Crippen LogP contribution >= 0.6 is 0 Å². The summed E-state index contributed by atoms with van der Waals surface area (Å²) < 4.78 is 0. The molecule has 14 heavy (non-hydrogen) atoms. The Morgan fingerprint density at radius 1 is 1.43 bits per heavy atom. The van der Waals surface area contributed by atoms with Crippen molar-refractivity contribution in [2.24, 2.45) is 0 Å². The zero-order chi connectivity index (χ0) is 10.1. The Kier molecular flexibility index (Phi) is 2.46. The van der Waals surface area contributed by atoms with E-state index in [9.17, 15) is 5.11 Å². The van der Waals surface area contributed by atoms with Crippen LogP contribution in [0, 0.1) is 0 Å². The zero-order valence-electron chi connectivity index (χ0n) is 8.83. The average molecular weight is 191 g/mol. The van der Waals surface area contributed by atoms with E-state index in [1.165, 1.54) is 17.5 Å². The molecule has 0 bridgehead atoms. The first-order valence-corrected chi connectivity index (χ1v) is 5.14. The average Bonchev–Trinajstić information content (AvgIpc) is 2.49. The van der Waals surface area contributed by atoms with Gasteiger partial charge in [-0.1, -0.05) is 12.1 Å². The predicted octanol–water partition coefficient (Wildman–Crippen LogP) is 1.98. The summed E-state index contributed by atoms with van der Waals surface area (Å²) in [6, 6.07) is 5.86. The van der Waals surface area contributed by atoms with Crippen LogP contribution < -0.4 is 0 Å². The molecule has 76 valence electrons. The van der Waals surface area contributed by atoms with Crippen molar-refractivity contribution >= 4 is 0 Å². The van der Waals surface area contributed by atoms with Crippen molar-refractivity contribution in [2.75, 3.05) is 20.6 Å². The summed E-state index contributed by atoms with van der Waals surface area (Å²) in [4.78, 5) is 2.19. The summed E-state index contributed by atoms with van der Waals surface area (Å²) in [7, 11) is 4.16. The lowest BCUT2D eigenvalue weighted by Crippen LogP contribution is -2.18. The molecule has 1 N–H and O–H groups in total. The minimum atomic E-state index is 0.479. The zero-order valence-corrected chi connectivity index (χ0v) is 8.83. The Morgan fingerprint density at radius 3 is 2.93 bits per heavy atom. The molecule has 0 aromatic heterocycles. The molecule has 2 nitrogen and oxygen atoms in total. The number of aromatic hydroxyl groups is 1. The van der Waals surface area contributed by atoms with Crippen LogP contribution in [0.2, 0.25) is 0 Å². The maximum absolute atomic E-state index is 9.80. The fourth-order valence-corrected chi connectivity index (χ4v) is 2.39. The van der Waals surface area contributed by atoms with Crippen molar-refractivity contribution in [3.8, 4) is 5.75 Å². The molecular formula is C12H17NO. The molecule has 0 spiro atoms. The van der Waals surface area contributed by atoms with E-state index in [4.69, 9.17) is 0 Å². The molecule has 0 saturated heterocycles. The second-order valence-electron chi connectivity index (χ2n) is 4.35. The summed E-state index contributed by atoms with van der Waals surface area (Å²) in [6.45, 7) is 1.03. The van der Waals surface area contributed by atoms with E-state index < -0.39 is 0 Å². The summed E-state index contributed by atoms with van der Waals surface area (Å²) in [5, 5.41) is 9.80. The molecule has 1 aromatic carbocycles. The van der Waals surface area contributed by atoms with E-state index in [1.807, 2.05) is 6.07 Å². The fraction of sp³-hybridized carbons (Fsp3) is 0.500. The number of hydrogen-bond donors (Lipinski definition) is 1. The minimum Gasteiger partial charge on any atom is -0.508 e. The lowest BCUT2D eigenvalue weighted by molar-refractivity contribution is 0.365. The van der Waals surface area contributed by atoms with E-state index in [2.05, 4.69) is 25.1 Å². The van der Waals surface area contributed by atoms with Crippen LogP contribution in [0.15, 0.2) is 18.2 Å². The molecule has 1 aliphatic rings. The summed E-state index contributed by atoms with van der Waals surface area (Å²) >= 11 is 0. The monoisotopic (exact) mass is 191 g/mol. The largest absolute Gasteiger partial charge is 0.508 e. The van der Waals surface area contributed by atoms with Crippen molar-refractivity contribution in [1.82, 2.24) is 4.90 Å². The second kappa shape index (κ2) is 3.62. The molecule has 0 amide bonds. The molecule has 0 saturated carbocycles. The molecule has 0 radical (unpaired) electrons. The van der Waals surface area contributed by atoms with Gasteiger partial charge >= 0.3 is 0 Å². The third-order valence-electron chi connectivity index (χ3n) is 2.93. The van der Waals surface area contributed by atoms with Crippen molar-refractivity contribution in [2.45, 2.75) is 18.8 Å². The van der Waals surface area contributed by atoms with Crippen molar-refractivity contribution in [3.63, 3.8) is 0 Å². The Labute approximate surface area is 85.2 Å². The number of rotatable bonds is 2. The molecule has 1 aromatic rings. The molecule has 0 fully saturated rings. The highest BCUT2D eigenvalue weighted by atomic mass is 16.3. The van der Waals surface area contributed by atoms with E-state index in [1.54, 1.807) is 6.07 Å². The van der Waals surface area contributed by atoms with E-state index in [0.717, 1.165) is 13.0 Å². The van der Waals surface area contributed by atoms with Gasteiger partial charge in [0.2, 0.25) is 0 Å². The van der Waals surface area contributed by atoms with E-state index >= 15 is 0 Å². The maximum Gasteiger partial charge on any atom is 0.119 e. The van der Waals surface area contributed by atoms with Gasteiger partial charge in [-0.2, -0.15) is 0 Å². The van der Waals surface area contributed by atoms with Crippen LogP contribution in [-0.4, -0.2) is 30.6 Å². The third-order valence-corrected chi connectivity index (χ3v) is 2.93. The number of benzene rings is 1. The lowest BCUT2D eigenvalue weighted by Gasteiger charge is -2.17. The first-order chi connectivity index (χ1) is 6.68. The van der Waals surface area contributed by atoms with Crippen LogP contribution in [0.3, 0.4) is 0 Å². The molecule has 1 atom stereocenters. The summed E-state index contributed by atoms with van der Waals surface area (Å²) in [6.07, 6.45) is 2.29. The van der Waals surface area contributed by atoms with Crippen LogP contribution in [0.5, 0.6) is 5.75 Å². The highest BCUT2D eigenvalue weighted by Crippen LogP contribution is 2.38. The molecule has 1 unspecified atom stereocenters. The second-order valence-corrected chi connectivity index (χ2v) is 4.35. The van der Waals surface area contributed by atoms with Crippen molar-refractivity contribution in [1.29, 1.82) is 0 Å². The van der Waals surface area contributed by atoms with Crippen LogP contribution in [-0.2, 0) is 6.42 Å². The first-order valence-electron chi connectivity index (χ1n) is 5.14. The van der Waals surface area contributed by atoms with Gasteiger partial charge in [0.1, 0.15) is 5.75 Å². The fourth-order valence-electron chi connectivity index (χ4n) is 2.39. The Morgan fingerprint density at radius 2 is 2.21 bits per heavy atom. The molecule has 0 aliphatic heterocycles. The van der Waals surface area contributed by atoms with Crippen LogP contribution in [0.1, 0.15) is 23.5 Å². The Bertz CT molecular complexity index is 333. The van der Waals surface area contributed by atoms with Gasteiger partial charge in [-0.3, -0.25) is 0 Å². The van der Waals surface area contributed by atoms with Crippen molar-refractivity contribution in [3.05, 3.63) is 29.3 Å². The number of likely N-dealkylation sites (N-methyl/N-ethyl adjacent to an activating group) is 1. The van der Waals surface area contributed by atoms with Crippen LogP contribution in [0.4, 0.5) is 0 Å². The quantitative estimate of drug-likeness (QED) is 0.772. The van der Waals surface area contributed by atoms with Gasteiger partial charge in [-0.15, -0.1) is 0 Å². The number of fused-ring (bicyclic) bond motifs is 1. The SMILES string of the molecule is CN(C)CC1CCc2cccc(O)c21. The lowest BCUT2D eigenvalue weighted by atomic mass is 10.00. The smallest absolute Gasteiger partial charge is 0.119 e. The topological polar surface area (TPSA) is 23.5 Å².